The average Bonchev–Trinajstić information content (AvgIpc) is 3.52. The molecule has 4 aromatic heterocycles. The van der Waals surface area contributed by atoms with E-state index in [0.29, 0.717) is 45.1 Å². The average molecular weight is 461 g/mol. The topological polar surface area (TPSA) is 110 Å². The SMILES string of the molecule is O=c1[nH]c2ccc(-n3nnc4c(F)cc(-c5ccnn5Cc5ccc(Cl)cn5)cc43)cc2[nH]1. The van der Waals surface area contributed by atoms with Crippen molar-refractivity contribution in [3.8, 4) is 16.9 Å². The molecule has 0 unspecified atom stereocenters. The Kier molecular flexibility index (Phi) is 4.34. The molecule has 0 aliphatic rings. The second-order valence-electron chi connectivity index (χ2n) is 7.48. The maximum Gasteiger partial charge on any atom is 0.323 e. The van der Waals surface area contributed by atoms with Crippen molar-refractivity contribution in [3.63, 3.8) is 0 Å². The summed E-state index contributed by atoms with van der Waals surface area (Å²) in [6, 6.07) is 13.9. The van der Waals surface area contributed by atoms with Crippen molar-refractivity contribution >= 4 is 33.7 Å². The van der Waals surface area contributed by atoms with Gasteiger partial charge in [-0.1, -0.05) is 16.8 Å². The van der Waals surface area contributed by atoms with Crippen LogP contribution in [0.25, 0.3) is 39.0 Å². The molecule has 0 amide bonds. The zero-order valence-corrected chi connectivity index (χ0v) is 17.6. The summed E-state index contributed by atoms with van der Waals surface area (Å²) in [6.07, 6.45) is 3.23. The van der Waals surface area contributed by atoms with Gasteiger partial charge in [-0.2, -0.15) is 5.10 Å². The number of benzene rings is 2. The fraction of sp³-hybridized carbons (Fsp3) is 0.0455. The number of halogens is 2. The summed E-state index contributed by atoms with van der Waals surface area (Å²) in [4.78, 5) is 21.3. The van der Waals surface area contributed by atoms with Gasteiger partial charge in [-0.3, -0.25) is 9.67 Å². The summed E-state index contributed by atoms with van der Waals surface area (Å²) in [5.41, 5.74) is 4.35. The van der Waals surface area contributed by atoms with Crippen molar-refractivity contribution < 1.29 is 4.39 Å². The van der Waals surface area contributed by atoms with Crippen molar-refractivity contribution in [1.29, 1.82) is 0 Å². The van der Waals surface area contributed by atoms with Crippen LogP contribution in [-0.2, 0) is 6.54 Å². The van der Waals surface area contributed by atoms with Crippen LogP contribution in [0.4, 0.5) is 4.39 Å². The molecule has 0 saturated carbocycles. The predicted molar refractivity (Wildman–Crippen MR) is 121 cm³/mol. The summed E-state index contributed by atoms with van der Waals surface area (Å²) in [5, 5.41) is 13.1. The molecule has 9 nitrogen and oxygen atoms in total. The first kappa shape index (κ1) is 19.4. The number of aromatic amines is 2. The molecule has 2 aromatic carbocycles. The number of H-pyrrole nitrogens is 2. The molecular formula is C22H14ClFN8O. The van der Waals surface area contributed by atoms with E-state index in [1.165, 1.54) is 10.7 Å². The standard InChI is InChI=1S/C22H14ClFN8O/c23-13-1-2-14(25-10-13)11-31-19(5-6-26-31)12-7-16(24)21-20(8-12)32(30-29-21)15-3-4-17-18(9-15)28-22(33)27-17/h1-10H,11H2,(H2,27,28,33). The number of imidazole rings is 1. The van der Waals surface area contributed by atoms with Crippen molar-refractivity contribution in [2.75, 3.05) is 0 Å². The van der Waals surface area contributed by atoms with Crippen molar-refractivity contribution in [2.45, 2.75) is 6.54 Å². The fourth-order valence-corrected chi connectivity index (χ4v) is 3.94. The highest BCUT2D eigenvalue weighted by Gasteiger charge is 2.16. The number of fused-ring (bicyclic) bond motifs is 2. The van der Waals surface area contributed by atoms with Gasteiger partial charge in [0.2, 0.25) is 0 Å². The molecule has 0 atom stereocenters. The third-order valence-electron chi connectivity index (χ3n) is 5.36. The molecule has 0 saturated heterocycles. The molecule has 0 spiro atoms. The third kappa shape index (κ3) is 3.37. The minimum Gasteiger partial charge on any atom is -0.306 e. The lowest BCUT2D eigenvalue weighted by atomic mass is 10.1. The molecule has 0 radical (unpaired) electrons. The second-order valence-corrected chi connectivity index (χ2v) is 7.91. The van der Waals surface area contributed by atoms with Gasteiger partial charge in [-0.25, -0.2) is 13.9 Å². The summed E-state index contributed by atoms with van der Waals surface area (Å²) in [7, 11) is 0. The molecule has 6 aromatic rings. The van der Waals surface area contributed by atoms with Crippen LogP contribution in [0.2, 0.25) is 5.02 Å². The number of hydrogen-bond acceptors (Lipinski definition) is 5. The third-order valence-corrected chi connectivity index (χ3v) is 5.59. The first-order chi connectivity index (χ1) is 16.0. The predicted octanol–water partition coefficient (Wildman–Crippen LogP) is 3.69. The molecule has 162 valence electrons. The lowest BCUT2D eigenvalue weighted by Crippen LogP contribution is -2.05. The van der Waals surface area contributed by atoms with Gasteiger partial charge in [0, 0.05) is 18.0 Å². The first-order valence-corrected chi connectivity index (χ1v) is 10.3. The minimum atomic E-state index is -0.498. The molecule has 2 N–H and O–H groups in total. The van der Waals surface area contributed by atoms with Crippen LogP contribution in [0.15, 0.2) is 65.7 Å². The molecular weight excluding hydrogens is 447 g/mol. The Balaban J connectivity index is 1.45. The summed E-state index contributed by atoms with van der Waals surface area (Å²) in [5.74, 6) is -0.498. The molecule has 0 fully saturated rings. The van der Waals surface area contributed by atoms with E-state index in [9.17, 15) is 4.79 Å². The highest BCUT2D eigenvalue weighted by Crippen LogP contribution is 2.28. The van der Waals surface area contributed by atoms with Gasteiger partial charge in [-0.05, 0) is 48.5 Å². The van der Waals surface area contributed by atoms with Gasteiger partial charge in [0.05, 0.1) is 45.2 Å². The van der Waals surface area contributed by atoms with E-state index in [1.807, 2.05) is 12.1 Å². The normalized spacial score (nSPS) is 11.6. The fourth-order valence-electron chi connectivity index (χ4n) is 3.83. The lowest BCUT2D eigenvalue weighted by molar-refractivity contribution is 0.635. The van der Waals surface area contributed by atoms with Gasteiger partial charge in [-0.15, -0.1) is 5.10 Å². The molecule has 0 aliphatic carbocycles. The maximum absolute atomic E-state index is 15.0. The van der Waals surface area contributed by atoms with Crippen LogP contribution < -0.4 is 5.69 Å². The van der Waals surface area contributed by atoms with Crippen LogP contribution >= 0.6 is 11.6 Å². The van der Waals surface area contributed by atoms with Crippen LogP contribution in [-0.4, -0.2) is 39.7 Å². The van der Waals surface area contributed by atoms with Crippen LogP contribution in [0.5, 0.6) is 0 Å². The Hall–Kier alpha value is -4.31. The number of aromatic nitrogens is 8. The van der Waals surface area contributed by atoms with Crippen molar-refractivity contribution in [1.82, 2.24) is 39.7 Å². The van der Waals surface area contributed by atoms with Gasteiger partial charge < -0.3 is 9.97 Å². The Morgan fingerprint density at radius 1 is 1.03 bits per heavy atom. The zero-order chi connectivity index (χ0) is 22.5. The Morgan fingerprint density at radius 3 is 2.76 bits per heavy atom. The summed E-state index contributed by atoms with van der Waals surface area (Å²) in [6.45, 7) is 0.397. The Morgan fingerprint density at radius 2 is 1.91 bits per heavy atom. The van der Waals surface area contributed by atoms with Gasteiger partial charge in [0.25, 0.3) is 0 Å². The van der Waals surface area contributed by atoms with E-state index in [4.69, 9.17) is 11.6 Å². The van der Waals surface area contributed by atoms with Crippen LogP contribution in [0, 0.1) is 5.82 Å². The van der Waals surface area contributed by atoms with Crippen molar-refractivity contribution in [2.24, 2.45) is 0 Å². The minimum absolute atomic E-state index is 0.145. The Bertz CT molecular complexity index is 1700. The van der Waals surface area contributed by atoms with Crippen LogP contribution in [0.3, 0.4) is 0 Å². The number of hydrogen-bond donors (Lipinski definition) is 2. The molecule has 11 heteroatoms. The van der Waals surface area contributed by atoms with E-state index < -0.39 is 5.82 Å². The highest BCUT2D eigenvalue weighted by molar-refractivity contribution is 6.30. The Labute approximate surface area is 189 Å². The quantitative estimate of drug-likeness (QED) is 0.417. The lowest BCUT2D eigenvalue weighted by Gasteiger charge is -2.09. The molecule has 6 rings (SSSR count). The van der Waals surface area contributed by atoms with E-state index >= 15 is 4.39 Å². The monoisotopic (exact) mass is 460 g/mol. The van der Waals surface area contributed by atoms with E-state index in [-0.39, 0.29) is 11.2 Å². The number of nitrogens with zero attached hydrogens (tertiary/aromatic N) is 6. The van der Waals surface area contributed by atoms with Gasteiger partial charge in [0.1, 0.15) is 5.52 Å². The van der Waals surface area contributed by atoms with Crippen LogP contribution in [0.1, 0.15) is 5.69 Å². The summed E-state index contributed by atoms with van der Waals surface area (Å²) >= 11 is 5.92. The largest absolute Gasteiger partial charge is 0.323 e. The van der Waals surface area contributed by atoms with E-state index in [0.717, 1.165) is 5.69 Å². The maximum atomic E-state index is 15.0. The number of nitrogens with one attached hydrogen (secondary N) is 2. The molecule has 0 aliphatic heterocycles. The van der Waals surface area contributed by atoms with E-state index in [2.05, 4.69) is 30.4 Å². The molecule has 0 bridgehead atoms. The van der Waals surface area contributed by atoms with Gasteiger partial charge >= 0.3 is 5.69 Å². The first-order valence-electron chi connectivity index (χ1n) is 9.95. The van der Waals surface area contributed by atoms with E-state index in [1.54, 1.807) is 47.4 Å². The van der Waals surface area contributed by atoms with Gasteiger partial charge in [0.15, 0.2) is 5.82 Å². The number of rotatable bonds is 4. The summed E-state index contributed by atoms with van der Waals surface area (Å²) < 4.78 is 18.3. The smallest absolute Gasteiger partial charge is 0.306 e. The molecule has 33 heavy (non-hydrogen) atoms. The second kappa shape index (κ2) is 7.38. The van der Waals surface area contributed by atoms with Crippen molar-refractivity contribution in [3.05, 3.63) is 87.9 Å². The number of pyridine rings is 1. The molecule has 4 heterocycles. The highest BCUT2D eigenvalue weighted by atomic mass is 35.5. The zero-order valence-electron chi connectivity index (χ0n) is 16.8.